The van der Waals surface area contributed by atoms with Crippen LogP contribution >= 0.6 is 11.8 Å². The molecule has 158 valence electrons. The Morgan fingerprint density at radius 2 is 1.70 bits per heavy atom. The van der Waals surface area contributed by atoms with Crippen molar-refractivity contribution < 1.29 is 13.2 Å². The van der Waals surface area contributed by atoms with E-state index in [0.717, 1.165) is 6.42 Å². The minimum atomic E-state index is -3.51. The summed E-state index contributed by atoms with van der Waals surface area (Å²) in [6, 6.07) is 18.2. The molecule has 1 amide bonds. The van der Waals surface area contributed by atoms with Gasteiger partial charge in [-0.25, -0.2) is 8.42 Å². The van der Waals surface area contributed by atoms with Gasteiger partial charge in [0, 0.05) is 13.1 Å². The molecule has 3 aromatic rings. The molecule has 0 aliphatic carbocycles. The van der Waals surface area contributed by atoms with Gasteiger partial charge in [-0.15, -0.1) is 10.2 Å². The number of carbonyl (C=O) groups excluding carboxylic acids is 1. The van der Waals surface area contributed by atoms with Crippen molar-refractivity contribution in [1.82, 2.24) is 20.1 Å². The molecule has 0 fully saturated rings. The third-order valence-electron chi connectivity index (χ3n) is 4.44. The van der Waals surface area contributed by atoms with Crippen molar-refractivity contribution in [3.05, 3.63) is 72.1 Å². The molecule has 0 bridgehead atoms. The number of nitrogens with zero attached hydrogens (tertiary/aromatic N) is 3. The first-order valence-electron chi connectivity index (χ1n) is 9.63. The van der Waals surface area contributed by atoms with Crippen molar-refractivity contribution in [3.63, 3.8) is 0 Å². The van der Waals surface area contributed by atoms with Crippen molar-refractivity contribution in [3.8, 4) is 0 Å². The summed E-state index contributed by atoms with van der Waals surface area (Å²) in [5.41, 5.74) is 1.17. The van der Waals surface area contributed by atoms with Crippen molar-refractivity contribution in [2.45, 2.75) is 35.7 Å². The summed E-state index contributed by atoms with van der Waals surface area (Å²) in [5.74, 6) is 0.230. The van der Waals surface area contributed by atoms with Crippen LogP contribution < -0.4 is 5.32 Å². The van der Waals surface area contributed by atoms with Gasteiger partial charge in [0.1, 0.15) is 11.6 Å². The van der Waals surface area contributed by atoms with Crippen molar-refractivity contribution in [2.24, 2.45) is 0 Å². The number of hydrogen-bond donors (Lipinski definition) is 1. The quantitative estimate of drug-likeness (QED) is 0.483. The molecule has 0 unspecified atom stereocenters. The molecule has 1 N–H and O–H groups in total. The molecule has 0 radical (unpaired) electrons. The van der Waals surface area contributed by atoms with Gasteiger partial charge in [0.2, 0.25) is 5.91 Å². The van der Waals surface area contributed by atoms with E-state index in [2.05, 4.69) is 15.5 Å². The average molecular weight is 445 g/mol. The Labute approximate surface area is 180 Å². The third kappa shape index (κ3) is 5.93. The maximum atomic E-state index is 12.6. The lowest BCUT2D eigenvalue weighted by Gasteiger charge is -2.08. The maximum absolute atomic E-state index is 12.6. The van der Waals surface area contributed by atoms with Crippen LogP contribution in [-0.2, 0) is 33.4 Å². The second-order valence-electron chi connectivity index (χ2n) is 6.59. The molecule has 0 saturated heterocycles. The van der Waals surface area contributed by atoms with Crippen LogP contribution in [0.1, 0.15) is 18.3 Å². The van der Waals surface area contributed by atoms with Crippen LogP contribution in [0.4, 0.5) is 0 Å². The Hall–Kier alpha value is -2.65. The number of nitrogens with one attached hydrogen (secondary N) is 1. The van der Waals surface area contributed by atoms with Crippen LogP contribution in [0, 0.1) is 0 Å². The highest BCUT2D eigenvalue weighted by Crippen LogP contribution is 2.20. The minimum Gasteiger partial charge on any atom is -0.355 e. The molecule has 1 heterocycles. The summed E-state index contributed by atoms with van der Waals surface area (Å²) in [6.07, 6.45) is 0.768. The zero-order chi connectivity index (χ0) is 21.4. The van der Waals surface area contributed by atoms with Gasteiger partial charge in [-0.1, -0.05) is 60.3 Å². The molecule has 0 aliphatic heterocycles. The summed E-state index contributed by atoms with van der Waals surface area (Å²) in [5, 5.41) is 11.6. The van der Waals surface area contributed by atoms with Gasteiger partial charge in [-0.3, -0.25) is 4.79 Å². The number of benzene rings is 2. The van der Waals surface area contributed by atoms with E-state index < -0.39 is 9.84 Å². The monoisotopic (exact) mass is 444 g/mol. The number of thioether (sulfide) groups is 1. The third-order valence-corrected chi connectivity index (χ3v) is 7.04. The predicted molar refractivity (Wildman–Crippen MR) is 117 cm³/mol. The van der Waals surface area contributed by atoms with Gasteiger partial charge in [-0.05, 0) is 31.0 Å². The first-order valence-corrected chi connectivity index (χ1v) is 12.3. The standard InChI is InChI=1S/C21H24N4O3S2/c1-2-25-19(16-30(27,28)18-11-7-4-8-12-18)23-24-21(25)29-15-20(26)22-14-13-17-9-5-3-6-10-17/h3-12H,2,13-16H2,1H3,(H,22,26). The summed E-state index contributed by atoms with van der Waals surface area (Å²) in [6.45, 7) is 2.97. The topological polar surface area (TPSA) is 93.9 Å². The zero-order valence-corrected chi connectivity index (χ0v) is 18.3. The van der Waals surface area contributed by atoms with Crippen LogP contribution in [0.2, 0.25) is 0 Å². The second-order valence-corrected chi connectivity index (χ2v) is 9.52. The molecule has 2 aromatic carbocycles. The van der Waals surface area contributed by atoms with Gasteiger partial charge in [-0.2, -0.15) is 0 Å². The molecular formula is C21H24N4O3S2. The van der Waals surface area contributed by atoms with Gasteiger partial charge in [0.25, 0.3) is 0 Å². The molecule has 0 spiro atoms. The lowest BCUT2D eigenvalue weighted by Crippen LogP contribution is -2.27. The largest absolute Gasteiger partial charge is 0.355 e. The van der Waals surface area contributed by atoms with E-state index in [1.165, 1.54) is 17.3 Å². The molecule has 7 nitrogen and oxygen atoms in total. The van der Waals surface area contributed by atoms with Crippen LogP contribution in [0.3, 0.4) is 0 Å². The summed E-state index contributed by atoms with van der Waals surface area (Å²) < 4.78 is 27.0. The normalized spacial score (nSPS) is 11.4. The van der Waals surface area contributed by atoms with Crippen molar-refractivity contribution >= 4 is 27.5 Å². The van der Waals surface area contributed by atoms with E-state index in [4.69, 9.17) is 0 Å². The summed E-state index contributed by atoms with van der Waals surface area (Å²) in [4.78, 5) is 12.4. The van der Waals surface area contributed by atoms with Crippen molar-refractivity contribution in [1.29, 1.82) is 0 Å². The highest BCUT2D eigenvalue weighted by molar-refractivity contribution is 7.99. The van der Waals surface area contributed by atoms with E-state index >= 15 is 0 Å². The maximum Gasteiger partial charge on any atom is 0.230 e. The van der Waals surface area contributed by atoms with Crippen LogP contribution in [0.15, 0.2) is 70.7 Å². The van der Waals surface area contributed by atoms with Gasteiger partial charge in [0.05, 0.1) is 10.6 Å². The fourth-order valence-corrected chi connectivity index (χ4v) is 5.05. The van der Waals surface area contributed by atoms with E-state index in [1.807, 2.05) is 37.3 Å². The van der Waals surface area contributed by atoms with Crippen LogP contribution in [0.25, 0.3) is 0 Å². The van der Waals surface area contributed by atoms with Gasteiger partial charge < -0.3 is 9.88 Å². The molecule has 3 rings (SSSR count). The number of rotatable bonds is 10. The molecule has 0 aliphatic rings. The van der Waals surface area contributed by atoms with Crippen LogP contribution in [-0.4, -0.2) is 41.4 Å². The minimum absolute atomic E-state index is 0.0972. The fraction of sp³-hybridized carbons (Fsp3) is 0.286. The Morgan fingerprint density at radius 3 is 2.37 bits per heavy atom. The number of amides is 1. The van der Waals surface area contributed by atoms with E-state index in [1.54, 1.807) is 34.9 Å². The number of aromatic nitrogens is 3. The fourth-order valence-electron chi connectivity index (χ4n) is 2.90. The first-order chi connectivity index (χ1) is 14.5. The van der Waals surface area contributed by atoms with E-state index in [0.29, 0.717) is 24.1 Å². The van der Waals surface area contributed by atoms with Crippen molar-refractivity contribution in [2.75, 3.05) is 12.3 Å². The Balaban J connectivity index is 1.56. The Bertz CT molecular complexity index is 1070. The average Bonchev–Trinajstić information content (AvgIpc) is 3.14. The molecule has 0 saturated carbocycles. The summed E-state index contributed by atoms with van der Waals surface area (Å²) >= 11 is 1.25. The lowest BCUT2D eigenvalue weighted by atomic mass is 10.1. The first kappa shape index (κ1) is 22.0. The Kier molecular flexibility index (Phi) is 7.64. The molecule has 1 aromatic heterocycles. The Morgan fingerprint density at radius 1 is 1.03 bits per heavy atom. The zero-order valence-electron chi connectivity index (χ0n) is 16.7. The SMILES string of the molecule is CCn1c(CS(=O)(=O)c2ccccc2)nnc1SCC(=O)NCCc1ccccc1. The molecule has 0 atom stereocenters. The second kappa shape index (κ2) is 10.4. The number of sulfone groups is 1. The molecule has 9 heteroatoms. The molecule has 30 heavy (non-hydrogen) atoms. The smallest absolute Gasteiger partial charge is 0.230 e. The van der Waals surface area contributed by atoms with Gasteiger partial charge >= 0.3 is 0 Å². The van der Waals surface area contributed by atoms with E-state index in [-0.39, 0.29) is 22.3 Å². The lowest BCUT2D eigenvalue weighted by molar-refractivity contribution is -0.118. The van der Waals surface area contributed by atoms with Gasteiger partial charge in [0.15, 0.2) is 15.0 Å². The number of hydrogen-bond acceptors (Lipinski definition) is 6. The van der Waals surface area contributed by atoms with E-state index in [9.17, 15) is 13.2 Å². The number of carbonyl (C=O) groups is 1. The van der Waals surface area contributed by atoms with Crippen LogP contribution in [0.5, 0.6) is 0 Å². The highest BCUT2D eigenvalue weighted by atomic mass is 32.2. The highest BCUT2D eigenvalue weighted by Gasteiger charge is 2.21. The summed E-state index contributed by atoms with van der Waals surface area (Å²) in [7, 11) is -3.51. The predicted octanol–water partition coefficient (Wildman–Crippen LogP) is 2.72. The molecular weight excluding hydrogens is 420 g/mol.